The van der Waals surface area contributed by atoms with Gasteiger partial charge >= 0.3 is 6.03 Å². The van der Waals surface area contributed by atoms with Gasteiger partial charge in [0.05, 0.1) is 5.69 Å². The number of allylic oxidation sites excluding steroid dienone is 1. The molecule has 0 aliphatic carbocycles. The van der Waals surface area contributed by atoms with Gasteiger partial charge < -0.3 is 21.3 Å². The lowest BCUT2D eigenvalue weighted by Crippen LogP contribution is -2.52. The third-order valence-corrected chi connectivity index (χ3v) is 6.83. The second-order valence-corrected chi connectivity index (χ2v) is 9.54. The molecule has 10 heteroatoms. The van der Waals surface area contributed by atoms with Crippen molar-refractivity contribution in [2.45, 2.75) is 25.8 Å². The van der Waals surface area contributed by atoms with Crippen molar-refractivity contribution in [1.29, 1.82) is 0 Å². The number of fused-ring (bicyclic) bond motifs is 1. The molecule has 0 saturated carbocycles. The van der Waals surface area contributed by atoms with Gasteiger partial charge in [-0.15, -0.1) is 0 Å². The van der Waals surface area contributed by atoms with Crippen LogP contribution in [-0.4, -0.2) is 34.7 Å². The van der Waals surface area contributed by atoms with E-state index in [2.05, 4.69) is 27.8 Å². The molecule has 1 unspecified atom stereocenters. The Morgan fingerprint density at radius 2 is 1.84 bits per heavy atom. The van der Waals surface area contributed by atoms with Crippen LogP contribution in [0, 0.1) is 6.92 Å². The number of rotatable bonds is 5. The van der Waals surface area contributed by atoms with Gasteiger partial charge in [-0.1, -0.05) is 42.4 Å². The number of nitrogens with zero attached hydrogens (tertiary/aromatic N) is 1. The van der Waals surface area contributed by atoms with Crippen molar-refractivity contribution in [2.24, 2.45) is 0 Å². The standard InChI is InChI=1S/C28H24ClN5O4/c1-15-6-9-19(13-21(15)29)32-28(38)33-22-5-3-4-17-8-10-18(12-20(17)22)31-23-14-25(35)34(27(23)37)24-11-7-16(2)30-26(24)36/h3-6,8-10,12-14,24,31H,2,7,11H2,1H3,(H,30,36)(H2,32,33,38). The van der Waals surface area contributed by atoms with Gasteiger partial charge in [0, 0.05) is 33.6 Å². The Labute approximate surface area is 223 Å². The van der Waals surface area contributed by atoms with E-state index in [0.29, 0.717) is 46.0 Å². The molecule has 1 fully saturated rings. The van der Waals surface area contributed by atoms with Crippen LogP contribution in [0.1, 0.15) is 18.4 Å². The normalized spacial score (nSPS) is 17.4. The summed E-state index contributed by atoms with van der Waals surface area (Å²) in [5.41, 5.74) is 3.16. The molecule has 3 aromatic rings. The van der Waals surface area contributed by atoms with Crippen LogP contribution in [0.4, 0.5) is 21.9 Å². The SMILES string of the molecule is C=C1CCC(N2C(=O)C=C(Nc3ccc4cccc(NC(=O)Nc5ccc(C)c(Cl)c5)c4c3)C2=O)C(=O)N1. The van der Waals surface area contributed by atoms with Gasteiger partial charge in [0.25, 0.3) is 11.8 Å². The highest BCUT2D eigenvalue weighted by molar-refractivity contribution is 6.31. The van der Waals surface area contributed by atoms with E-state index in [9.17, 15) is 19.2 Å². The number of benzene rings is 3. The first-order valence-corrected chi connectivity index (χ1v) is 12.3. The van der Waals surface area contributed by atoms with Crippen LogP contribution in [0.25, 0.3) is 10.8 Å². The van der Waals surface area contributed by atoms with Gasteiger partial charge in [-0.2, -0.15) is 0 Å². The number of piperidine rings is 1. The zero-order valence-corrected chi connectivity index (χ0v) is 21.2. The summed E-state index contributed by atoms with van der Waals surface area (Å²) in [5.74, 6) is -1.56. The molecule has 3 aromatic carbocycles. The Morgan fingerprint density at radius 1 is 1.05 bits per heavy atom. The van der Waals surface area contributed by atoms with Crippen LogP contribution < -0.4 is 21.3 Å². The highest BCUT2D eigenvalue weighted by Gasteiger charge is 2.41. The summed E-state index contributed by atoms with van der Waals surface area (Å²) in [6, 6.07) is 14.8. The van der Waals surface area contributed by atoms with Crippen LogP contribution in [-0.2, 0) is 14.4 Å². The van der Waals surface area contributed by atoms with Crippen molar-refractivity contribution in [2.75, 3.05) is 16.0 Å². The average molecular weight is 530 g/mol. The Bertz CT molecular complexity index is 1560. The lowest BCUT2D eigenvalue weighted by Gasteiger charge is -2.29. The monoisotopic (exact) mass is 529 g/mol. The number of amides is 5. The topological polar surface area (TPSA) is 120 Å². The van der Waals surface area contributed by atoms with E-state index in [1.807, 2.05) is 31.2 Å². The van der Waals surface area contributed by atoms with Crippen LogP contribution in [0.15, 0.2) is 78.6 Å². The maximum absolute atomic E-state index is 13.0. The van der Waals surface area contributed by atoms with Gasteiger partial charge in [-0.3, -0.25) is 19.3 Å². The number of hydrogen-bond donors (Lipinski definition) is 4. The third kappa shape index (κ3) is 4.96. The summed E-state index contributed by atoms with van der Waals surface area (Å²) in [6.45, 7) is 5.61. The number of nitrogens with one attached hydrogen (secondary N) is 4. The number of hydrogen-bond acceptors (Lipinski definition) is 5. The molecule has 1 atom stereocenters. The Morgan fingerprint density at radius 3 is 2.61 bits per heavy atom. The fraction of sp³-hybridized carbons (Fsp3) is 0.143. The van der Waals surface area contributed by atoms with E-state index >= 15 is 0 Å². The molecule has 9 nitrogen and oxygen atoms in total. The van der Waals surface area contributed by atoms with Crippen molar-refractivity contribution >= 4 is 63.2 Å². The van der Waals surface area contributed by atoms with Crippen LogP contribution in [0.5, 0.6) is 0 Å². The number of urea groups is 1. The summed E-state index contributed by atoms with van der Waals surface area (Å²) < 4.78 is 0. The summed E-state index contributed by atoms with van der Waals surface area (Å²) in [6.07, 6.45) is 2.00. The number of imide groups is 1. The molecule has 0 bridgehead atoms. The van der Waals surface area contributed by atoms with Gasteiger partial charge in [0.15, 0.2) is 0 Å². The molecule has 0 radical (unpaired) electrons. The summed E-state index contributed by atoms with van der Waals surface area (Å²) in [4.78, 5) is 51.7. The van der Waals surface area contributed by atoms with E-state index in [4.69, 9.17) is 11.6 Å². The summed E-state index contributed by atoms with van der Waals surface area (Å²) in [5, 5.41) is 13.3. The molecule has 192 valence electrons. The van der Waals surface area contributed by atoms with Crippen LogP contribution >= 0.6 is 11.6 Å². The van der Waals surface area contributed by atoms with Crippen LogP contribution in [0.2, 0.25) is 5.02 Å². The third-order valence-electron chi connectivity index (χ3n) is 6.43. The second-order valence-electron chi connectivity index (χ2n) is 9.13. The smallest absolute Gasteiger partial charge is 0.323 e. The fourth-order valence-electron chi connectivity index (χ4n) is 4.45. The van der Waals surface area contributed by atoms with Gasteiger partial charge in [0.1, 0.15) is 11.7 Å². The zero-order chi connectivity index (χ0) is 27.0. The Kier molecular flexibility index (Phi) is 6.61. The van der Waals surface area contributed by atoms with E-state index in [1.54, 1.807) is 30.3 Å². The first-order chi connectivity index (χ1) is 18.2. The van der Waals surface area contributed by atoms with Gasteiger partial charge in [-0.25, -0.2) is 4.79 Å². The zero-order valence-electron chi connectivity index (χ0n) is 20.4. The molecule has 2 aliphatic heterocycles. The van der Waals surface area contributed by atoms with Crippen molar-refractivity contribution in [3.8, 4) is 0 Å². The van der Waals surface area contributed by atoms with Gasteiger partial charge in [-0.05, 0) is 61.0 Å². The first-order valence-electron chi connectivity index (χ1n) is 11.9. The van der Waals surface area contributed by atoms with Gasteiger partial charge in [0.2, 0.25) is 5.91 Å². The second kappa shape index (κ2) is 10.0. The molecule has 1 saturated heterocycles. The number of anilines is 3. The lowest BCUT2D eigenvalue weighted by atomic mass is 10.0. The largest absolute Gasteiger partial charge is 0.351 e. The number of carbonyl (C=O) groups is 4. The van der Waals surface area contributed by atoms with Crippen molar-refractivity contribution in [1.82, 2.24) is 10.2 Å². The molecule has 5 rings (SSSR count). The predicted octanol–water partition coefficient (Wildman–Crippen LogP) is 4.90. The minimum absolute atomic E-state index is 0.0611. The van der Waals surface area contributed by atoms with Crippen molar-refractivity contribution < 1.29 is 19.2 Å². The van der Waals surface area contributed by atoms with E-state index in [-0.39, 0.29) is 5.70 Å². The molecule has 5 amide bonds. The highest BCUT2D eigenvalue weighted by Crippen LogP contribution is 2.29. The molecule has 0 spiro atoms. The molecular formula is C28H24ClN5O4. The minimum atomic E-state index is -0.884. The number of aryl methyl sites for hydroxylation is 1. The maximum atomic E-state index is 13.0. The van der Waals surface area contributed by atoms with Crippen molar-refractivity contribution in [3.63, 3.8) is 0 Å². The molecule has 4 N–H and O–H groups in total. The molecule has 38 heavy (non-hydrogen) atoms. The molecule has 2 heterocycles. The van der Waals surface area contributed by atoms with Crippen LogP contribution in [0.3, 0.4) is 0 Å². The highest BCUT2D eigenvalue weighted by atomic mass is 35.5. The molecule has 0 aromatic heterocycles. The number of carbonyl (C=O) groups excluding carboxylic acids is 4. The lowest BCUT2D eigenvalue weighted by molar-refractivity contribution is -0.146. The molecule has 2 aliphatic rings. The molecular weight excluding hydrogens is 506 g/mol. The predicted molar refractivity (Wildman–Crippen MR) is 147 cm³/mol. The summed E-state index contributed by atoms with van der Waals surface area (Å²) in [7, 11) is 0. The van der Waals surface area contributed by atoms with E-state index < -0.39 is 29.8 Å². The Hall–Kier alpha value is -4.63. The summed E-state index contributed by atoms with van der Waals surface area (Å²) >= 11 is 6.15. The average Bonchev–Trinajstić information content (AvgIpc) is 3.14. The quantitative estimate of drug-likeness (QED) is 0.350. The maximum Gasteiger partial charge on any atom is 0.323 e. The fourth-order valence-corrected chi connectivity index (χ4v) is 4.63. The minimum Gasteiger partial charge on any atom is -0.351 e. The Balaban J connectivity index is 1.33. The van der Waals surface area contributed by atoms with Crippen molar-refractivity contribution in [3.05, 3.63) is 89.2 Å². The first kappa shape index (κ1) is 25.0. The van der Waals surface area contributed by atoms with E-state index in [0.717, 1.165) is 15.8 Å². The number of halogens is 1. The van der Waals surface area contributed by atoms with E-state index in [1.165, 1.54) is 6.08 Å².